The van der Waals surface area contributed by atoms with Crippen molar-refractivity contribution in [2.24, 2.45) is 17.8 Å². The van der Waals surface area contributed by atoms with Crippen molar-refractivity contribution in [1.82, 2.24) is 19.9 Å². The molecular weight excluding hydrogens is 466 g/mol. The highest BCUT2D eigenvalue weighted by Gasteiger charge is 2.44. The quantitative estimate of drug-likeness (QED) is 0.430. The molecule has 8 nitrogen and oxygen atoms in total. The van der Waals surface area contributed by atoms with Crippen LogP contribution in [0.2, 0.25) is 5.02 Å². The molecule has 2 bridgehead atoms. The van der Waals surface area contributed by atoms with E-state index in [4.69, 9.17) is 26.1 Å². The third-order valence-corrected chi connectivity index (χ3v) is 7.94. The van der Waals surface area contributed by atoms with Crippen molar-refractivity contribution >= 4 is 28.5 Å². The van der Waals surface area contributed by atoms with E-state index in [1.165, 1.54) is 5.56 Å². The second-order valence-electron chi connectivity index (χ2n) is 9.65. The minimum atomic E-state index is 0.124. The molecule has 2 fully saturated rings. The zero-order valence-corrected chi connectivity index (χ0v) is 20.5. The Morgan fingerprint density at radius 2 is 2.09 bits per heavy atom. The first-order chi connectivity index (χ1) is 17.1. The average molecular weight is 496 g/mol. The summed E-state index contributed by atoms with van der Waals surface area (Å²) in [5.41, 5.74) is 4.18. The fraction of sp³-hybridized carbons (Fsp3) is 0.462. The van der Waals surface area contributed by atoms with E-state index < -0.39 is 0 Å². The van der Waals surface area contributed by atoms with Crippen molar-refractivity contribution in [2.75, 3.05) is 45.3 Å². The number of H-pyrrole nitrogens is 1. The molecule has 35 heavy (non-hydrogen) atoms. The van der Waals surface area contributed by atoms with E-state index in [0.717, 1.165) is 61.8 Å². The minimum absolute atomic E-state index is 0.124. The molecule has 2 aromatic heterocycles. The number of hydrogen-bond donors (Lipinski definition) is 3. The number of rotatable bonds is 7. The SMILES string of the molecule is COc1cc(CN2CCOCC2)ccc1-c1nc2ncc(Cl)c(N[C@H]3[C@@H](CO)[C@@H]4C=C[C@H]3C4)c2[nH]1. The molecule has 6 rings (SSSR count). The van der Waals surface area contributed by atoms with Gasteiger partial charge in [0.15, 0.2) is 5.65 Å². The van der Waals surface area contributed by atoms with Crippen LogP contribution in [-0.4, -0.2) is 71.0 Å². The second kappa shape index (κ2) is 9.43. The van der Waals surface area contributed by atoms with Crippen LogP contribution in [0.25, 0.3) is 22.6 Å². The van der Waals surface area contributed by atoms with E-state index in [1.54, 1.807) is 13.3 Å². The van der Waals surface area contributed by atoms with Crippen molar-refractivity contribution in [1.29, 1.82) is 0 Å². The van der Waals surface area contributed by atoms with Crippen LogP contribution in [0.4, 0.5) is 5.69 Å². The number of aromatic amines is 1. The van der Waals surface area contributed by atoms with Gasteiger partial charge in [-0.1, -0.05) is 29.8 Å². The van der Waals surface area contributed by atoms with E-state index in [-0.39, 0.29) is 18.6 Å². The number of imidazole rings is 1. The highest BCUT2D eigenvalue weighted by molar-refractivity contribution is 6.34. The Bertz CT molecular complexity index is 1260. The summed E-state index contributed by atoms with van der Waals surface area (Å²) in [6.07, 6.45) is 7.19. The lowest BCUT2D eigenvalue weighted by Crippen LogP contribution is -2.35. The van der Waals surface area contributed by atoms with Crippen LogP contribution in [0.5, 0.6) is 5.75 Å². The average Bonchev–Trinajstić information content (AvgIpc) is 3.61. The van der Waals surface area contributed by atoms with Crippen LogP contribution >= 0.6 is 11.6 Å². The van der Waals surface area contributed by atoms with Gasteiger partial charge in [-0.25, -0.2) is 9.97 Å². The summed E-state index contributed by atoms with van der Waals surface area (Å²) in [5.74, 6) is 2.41. The number of morpholine rings is 1. The Labute approximate surface area is 209 Å². The van der Waals surface area contributed by atoms with Crippen LogP contribution in [0.15, 0.2) is 36.5 Å². The molecule has 0 amide bonds. The lowest BCUT2D eigenvalue weighted by atomic mass is 9.89. The molecule has 3 aromatic rings. The Balaban J connectivity index is 1.31. The summed E-state index contributed by atoms with van der Waals surface area (Å²) < 4.78 is 11.2. The predicted octanol–water partition coefficient (Wildman–Crippen LogP) is 3.71. The minimum Gasteiger partial charge on any atom is -0.496 e. The standard InChI is InChI=1S/C26H30ClN5O3/c1-34-21-10-15(13-32-6-8-35-9-7-32)2-5-18(21)25-30-24-23(20(27)12-28-26(24)31-25)29-22-17-4-3-16(11-17)19(22)14-33/h2-5,10,12,16-17,19,22,33H,6-9,11,13-14H2,1H3,(H2,28,29,30,31)/t16-,17+,19+,22-/m1/s1. The maximum Gasteiger partial charge on any atom is 0.180 e. The lowest BCUT2D eigenvalue weighted by Gasteiger charge is -2.28. The van der Waals surface area contributed by atoms with Gasteiger partial charge in [0.2, 0.25) is 0 Å². The van der Waals surface area contributed by atoms with Crippen molar-refractivity contribution < 1.29 is 14.6 Å². The number of nitrogens with one attached hydrogen (secondary N) is 2. The number of aliphatic hydroxyl groups excluding tert-OH is 1. The van der Waals surface area contributed by atoms with Crippen LogP contribution in [0.3, 0.4) is 0 Å². The number of nitrogens with zero attached hydrogens (tertiary/aromatic N) is 3. The molecule has 3 aliphatic rings. The first-order valence-electron chi connectivity index (χ1n) is 12.2. The van der Waals surface area contributed by atoms with E-state index in [2.05, 4.69) is 44.5 Å². The third kappa shape index (κ3) is 4.18. The molecule has 2 aliphatic carbocycles. The molecule has 3 N–H and O–H groups in total. The molecule has 1 saturated heterocycles. The normalized spacial score (nSPS) is 26.0. The van der Waals surface area contributed by atoms with Gasteiger partial charge in [0, 0.05) is 38.2 Å². The van der Waals surface area contributed by atoms with Crippen LogP contribution in [0, 0.1) is 17.8 Å². The third-order valence-electron chi connectivity index (χ3n) is 7.65. The molecule has 1 aromatic carbocycles. The first kappa shape index (κ1) is 22.8. The summed E-state index contributed by atoms with van der Waals surface area (Å²) in [7, 11) is 1.68. The van der Waals surface area contributed by atoms with Gasteiger partial charge in [-0.2, -0.15) is 0 Å². The van der Waals surface area contributed by atoms with Gasteiger partial charge in [-0.05, 0) is 36.0 Å². The van der Waals surface area contributed by atoms with Gasteiger partial charge in [-0.3, -0.25) is 4.90 Å². The summed E-state index contributed by atoms with van der Waals surface area (Å²) in [5, 5.41) is 14.2. The summed E-state index contributed by atoms with van der Waals surface area (Å²) in [6, 6.07) is 6.36. The Morgan fingerprint density at radius 1 is 1.26 bits per heavy atom. The van der Waals surface area contributed by atoms with Gasteiger partial charge in [0.1, 0.15) is 17.1 Å². The lowest BCUT2D eigenvalue weighted by molar-refractivity contribution is 0.0342. The van der Waals surface area contributed by atoms with E-state index in [9.17, 15) is 5.11 Å². The second-order valence-corrected chi connectivity index (χ2v) is 10.1. The maximum atomic E-state index is 9.99. The maximum absolute atomic E-state index is 9.99. The van der Waals surface area contributed by atoms with E-state index in [1.807, 2.05) is 6.07 Å². The highest BCUT2D eigenvalue weighted by Crippen LogP contribution is 2.46. The van der Waals surface area contributed by atoms with Gasteiger partial charge < -0.3 is 24.9 Å². The number of aliphatic hydroxyl groups is 1. The van der Waals surface area contributed by atoms with Crippen molar-refractivity contribution in [2.45, 2.75) is 19.0 Å². The van der Waals surface area contributed by atoms with Crippen LogP contribution in [0.1, 0.15) is 12.0 Å². The number of hydrogen-bond acceptors (Lipinski definition) is 7. The summed E-state index contributed by atoms with van der Waals surface area (Å²) in [4.78, 5) is 15.0. The number of fused-ring (bicyclic) bond motifs is 3. The monoisotopic (exact) mass is 495 g/mol. The molecular formula is C26H30ClN5O3. The Kier molecular flexibility index (Phi) is 6.14. The van der Waals surface area contributed by atoms with Crippen LogP contribution in [-0.2, 0) is 11.3 Å². The number of benzene rings is 1. The molecule has 4 atom stereocenters. The highest BCUT2D eigenvalue weighted by atomic mass is 35.5. The first-order valence-corrected chi connectivity index (χ1v) is 12.6. The smallest absolute Gasteiger partial charge is 0.180 e. The van der Waals surface area contributed by atoms with E-state index >= 15 is 0 Å². The van der Waals surface area contributed by atoms with Crippen molar-refractivity contribution in [3.05, 3.63) is 47.1 Å². The number of aromatic nitrogens is 3. The summed E-state index contributed by atoms with van der Waals surface area (Å²) >= 11 is 6.61. The molecule has 9 heteroatoms. The largest absolute Gasteiger partial charge is 0.496 e. The zero-order valence-electron chi connectivity index (χ0n) is 19.7. The Hall–Kier alpha value is -2.65. The zero-order chi connectivity index (χ0) is 23.9. The van der Waals surface area contributed by atoms with Gasteiger partial charge in [0.25, 0.3) is 0 Å². The van der Waals surface area contributed by atoms with Gasteiger partial charge >= 0.3 is 0 Å². The molecule has 0 radical (unpaired) electrons. The Morgan fingerprint density at radius 3 is 2.89 bits per heavy atom. The van der Waals surface area contributed by atoms with Gasteiger partial charge in [-0.15, -0.1) is 0 Å². The van der Waals surface area contributed by atoms with Crippen LogP contribution < -0.4 is 10.1 Å². The van der Waals surface area contributed by atoms with Gasteiger partial charge in [0.05, 0.1) is 42.8 Å². The van der Waals surface area contributed by atoms with Crippen molar-refractivity contribution in [3.63, 3.8) is 0 Å². The topological polar surface area (TPSA) is 95.5 Å². The number of methoxy groups -OCH3 is 1. The number of anilines is 1. The van der Waals surface area contributed by atoms with Crippen molar-refractivity contribution in [3.8, 4) is 17.1 Å². The number of pyridine rings is 1. The molecule has 0 unspecified atom stereocenters. The predicted molar refractivity (Wildman–Crippen MR) is 136 cm³/mol. The number of halogens is 1. The molecule has 184 valence electrons. The fourth-order valence-corrected chi connectivity index (χ4v) is 6.00. The van der Waals surface area contributed by atoms with E-state index in [0.29, 0.717) is 28.3 Å². The molecule has 1 aliphatic heterocycles. The summed E-state index contributed by atoms with van der Waals surface area (Å²) in [6.45, 7) is 4.43. The molecule has 3 heterocycles. The number of ether oxygens (including phenoxy) is 2. The molecule has 1 saturated carbocycles. The number of allylic oxidation sites excluding steroid dienone is 1. The fourth-order valence-electron chi connectivity index (χ4n) is 5.80. The molecule has 0 spiro atoms.